The zero-order chi connectivity index (χ0) is 9.54. The molecule has 3 rings (SSSR count). The maximum Gasteiger partial charge on any atom is 0.126 e. The second-order valence-corrected chi connectivity index (χ2v) is 3.95. The van der Waals surface area contributed by atoms with Crippen LogP contribution in [0.25, 0.3) is 10.9 Å². The SMILES string of the molecule is Cc1nc(C2CC2)c2ccccc2n1. The summed E-state index contributed by atoms with van der Waals surface area (Å²) in [6.45, 7) is 1.97. The Morgan fingerprint density at radius 2 is 1.93 bits per heavy atom. The Bertz CT molecular complexity index is 487. The fourth-order valence-corrected chi connectivity index (χ4v) is 1.89. The summed E-state index contributed by atoms with van der Waals surface area (Å²) in [7, 11) is 0. The average molecular weight is 184 g/mol. The van der Waals surface area contributed by atoms with E-state index in [-0.39, 0.29) is 0 Å². The molecule has 0 unspecified atom stereocenters. The van der Waals surface area contributed by atoms with Crippen LogP contribution in [0.2, 0.25) is 0 Å². The van der Waals surface area contributed by atoms with Crippen LogP contribution in [0, 0.1) is 6.92 Å². The van der Waals surface area contributed by atoms with Gasteiger partial charge < -0.3 is 0 Å². The van der Waals surface area contributed by atoms with E-state index >= 15 is 0 Å². The standard InChI is InChI=1S/C12H12N2/c1-8-13-11-5-3-2-4-10(11)12(14-8)9-6-7-9/h2-5,9H,6-7H2,1H3. The van der Waals surface area contributed by atoms with Crippen molar-refractivity contribution in [2.45, 2.75) is 25.7 Å². The molecular formula is C12H12N2. The smallest absolute Gasteiger partial charge is 0.126 e. The van der Waals surface area contributed by atoms with Crippen molar-refractivity contribution in [1.82, 2.24) is 9.97 Å². The molecule has 0 radical (unpaired) electrons. The zero-order valence-corrected chi connectivity index (χ0v) is 8.20. The minimum atomic E-state index is 0.696. The topological polar surface area (TPSA) is 25.8 Å². The van der Waals surface area contributed by atoms with Gasteiger partial charge in [0.1, 0.15) is 5.82 Å². The first-order valence-corrected chi connectivity index (χ1v) is 5.08. The Kier molecular flexibility index (Phi) is 1.57. The van der Waals surface area contributed by atoms with Gasteiger partial charge in [-0.2, -0.15) is 0 Å². The van der Waals surface area contributed by atoms with E-state index in [1.807, 2.05) is 13.0 Å². The van der Waals surface area contributed by atoms with Crippen LogP contribution in [-0.2, 0) is 0 Å². The number of benzene rings is 1. The van der Waals surface area contributed by atoms with Crippen molar-refractivity contribution in [1.29, 1.82) is 0 Å². The molecule has 1 fully saturated rings. The number of fused-ring (bicyclic) bond motifs is 1. The van der Waals surface area contributed by atoms with E-state index in [2.05, 4.69) is 28.2 Å². The van der Waals surface area contributed by atoms with Crippen molar-refractivity contribution in [3.05, 3.63) is 35.8 Å². The van der Waals surface area contributed by atoms with Gasteiger partial charge in [-0.25, -0.2) is 9.97 Å². The van der Waals surface area contributed by atoms with E-state index < -0.39 is 0 Å². The third kappa shape index (κ3) is 1.18. The lowest BCUT2D eigenvalue weighted by molar-refractivity contribution is 0.972. The summed E-state index contributed by atoms with van der Waals surface area (Å²) in [6, 6.07) is 8.29. The summed E-state index contributed by atoms with van der Waals surface area (Å²) >= 11 is 0. The highest BCUT2D eigenvalue weighted by atomic mass is 14.9. The third-order valence-electron chi connectivity index (χ3n) is 2.71. The molecule has 2 heteroatoms. The third-order valence-corrected chi connectivity index (χ3v) is 2.71. The Morgan fingerprint density at radius 3 is 2.71 bits per heavy atom. The number of aromatic nitrogens is 2. The molecular weight excluding hydrogens is 172 g/mol. The molecule has 0 atom stereocenters. The summed E-state index contributed by atoms with van der Waals surface area (Å²) in [5.74, 6) is 1.59. The van der Waals surface area contributed by atoms with E-state index in [0.717, 1.165) is 11.3 Å². The molecule has 1 aromatic carbocycles. The van der Waals surface area contributed by atoms with Crippen molar-refractivity contribution < 1.29 is 0 Å². The van der Waals surface area contributed by atoms with Crippen LogP contribution in [0.15, 0.2) is 24.3 Å². The van der Waals surface area contributed by atoms with Gasteiger partial charge >= 0.3 is 0 Å². The van der Waals surface area contributed by atoms with E-state index in [0.29, 0.717) is 5.92 Å². The molecule has 1 aromatic heterocycles. The quantitative estimate of drug-likeness (QED) is 0.681. The molecule has 0 N–H and O–H groups in total. The van der Waals surface area contributed by atoms with Crippen LogP contribution in [0.1, 0.15) is 30.3 Å². The van der Waals surface area contributed by atoms with Crippen LogP contribution >= 0.6 is 0 Å². The van der Waals surface area contributed by atoms with Crippen LogP contribution in [0.5, 0.6) is 0 Å². The van der Waals surface area contributed by atoms with Gasteiger partial charge in [0, 0.05) is 11.3 Å². The second-order valence-electron chi connectivity index (χ2n) is 3.95. The average Bonchev–Trinajstić information content (AvgIpc) is 2.99. The molecule has 0 saturated heterocycles. The van der Waals surface area contributed by atoms with Crippen molar-refractivity contribution in [2.75, 3.05) is 0 Å². The van der Waals surface area contributed by atoms with Crippen molar-refractivity contribution in [2.24, 2.45) is 0 Å². The molecule has 2 nitrogen and oxygen atoms in total. The van der Waals surface area contributed by atoms with Gasteiger partial charge in [0.15, 0.2) is 0 Å². The maximum absolute atomic E-state index is 4.55. The lowest BCUT2D eigenvalue weighted by Gasteiger charge is -2.04. The van der Waals surface area contributed by atoms with E-state index in [1.54, 1.807) is 0 Å². The number of para-hydroxylation sites is 1. The van der Waals surface area contributed by atoms with Crippen LogP contribution in [0.4, 0.5) is 0 Å². The molecule has 1 aliphatic carbocycles. The fourth-order valence-electron chi connectivity index (χ4n) is 1.89. The van der Waals surface area contributed by atoms with Crippen molar-refractivity contribution >= 4 is 10.9 Å². The Balaban J connectivity index is 2.34. The van der Waals surface area contributed by atoms with Crippen LogP contribution in [-0.4, -0.2) is 9.97 Å². The molecule has 0 spiro atoms. The van der Waals surface area contributed by atoms with Gasteiger partial charge in [-0.05, 0) is 25.8 Å². The first-order chi connectivity index (χ1) is 6.84. The monoisotopic (exact) mass is 184 g/mol. The maximum atomic E-state index is 4.55. The van der Waals surface area contributed by atoms with E-state index in [4.69, 9.17) is 0 Å². The predicted octanol–water partition coefficient (Wildman–Crippen LogP) is 2.82. The summed E-state index contributed by atoms with van der Waals surface area (Å²) in [6.07, 6.45) is 2.58. The Labute approximate surface area is 83.0 Å². The Hall–Kier alpha value is -1.44. The normalized spacial score (nSPS) is 16.1. The van der Waals surface area contributed by atoms with Gasteiger partial charge in [0.2, 0.25) is 0 Å². The Morgan fingerprint density at radius 1 is 1.14 bits per heavy atom. The molecule has 1 aliphatic rings. The minimum absolute atomic E-state index is 0.696. The van der Waals surface area contributed by atoms with Crippen LogP contribution < -0.4 is 0 Å². The number of hydrogen-bond donors (Lipinski definition) is 0. The first kappa shape index (κ1) is 7.92. The zero-order valence-electron chi connectivity index (χ0n) is 8.20. The highest BCUT2D eigenvalue weighted by molar-refractivity contribution is 5.81. The molecule has 1 saturated carbocycles. The fraction of sp³-hybridized carbons (Fsp3) is 0.333. The molecule has 70 valence electrons. The molecule has 14 heavy (non-hydrogen) atoms. The molecule has 0 amide bonds. The number of hydrogen-bond acceptors (Lipinski definition) is 2. The first-order valence-electron chi connectivity index (χ1n) is 5.08. The van der Waals surface area contributed by atoms with Crippen molar-refractivity contribution in [3.63, 3.8) is 0 Å². The molecule has 1 heterocycles. The lowest BCUT2D eigenvalue weighted by atomic mass is 10.1. The largest absolute Gasteiger partial charge is 0.237 e. The number of rotatable bonds is 1. The summed E-state index contributed by atoms with van der Waals surface area (Å²) in [5.41, 5.74) is 2.34. The molecule has 2 aromatic rings. The van der Waals surface area contributed by atoms with Gasteiger partial charge in [0.05, 0.1) is 11.2 Å². The van der Waals surface area contributed by atoms with Gasteiger partial charge in [0.25, 0.3) is 0 Å². The predicted molar refractivity (Wildman–Crippen MR) is 56.3 cm³/mol. The van der Waals surface area contributed by atoms with Crippen molar-refractivity contribution in [3.8, 4) is 0 Å². The van der Waals surface area contributed by atoms with Gasteiger partial charge in [-0.1, -0.05) is 18.2 Å². The highest BCUT2D eigenvalue weighted by Crippen LogP contribution is 2.41. The summed E-state index contributed by atoms with van der Waals surface area (Å²) in [5, 5.41) is 1.24. The minimum Gasteiger partial charge on any atom is -0.237 e. The highest BCUT2D eigenvalue weighted by Gasteiger charge is 2.27. The lowest BCUT2D eigenvalue weighted by Crippen LogP contribution is -1.95. The molecule has 0 aliphatic heterocycles. The summed E-state index contributed by atoms with van der Waals surface area (Å²) < 4.78 is 0. The van der Waals surface area contributed by atoms with Gasteiger partial charge in [-0.3, -0.25) is 0 Å². The summed E-state index contributed by atoms with van der Waals surface area (Å²) in [4.78, 5) is 8.99. The van der Waals surface area contributed by atoms with Gasteiger partial charge in [-0.15, -0.1) is 0 Å². The van der Waals surface area contributed by atoms with Crippen LogP contribution in [0.3, 0.4) is 0 Å². The van der Waals surface area contributed by atoms with E-state index in [1.165, 1.54) is 23.9 Å². The number of aryl methyl sites for hydroxylation is 1. The molecule has 0 bridgehead atoms. The number of nitrogens with zero attached hydrogens (tertiary/aromatic N) is 2. The second kappa shape index (κ2) is 2.77. The van der Waals surface area contributed by atoms with E-state index in [9.17, 15) is 0 Å².